The van der Waals surface area contributed by atoms with Gasteiger partial charge in [0.2, 0.25) is 11.8 Å². The lowest BCUT2D eigenvalue weighted by Gasteiger charge is -2.34. The van der Waals surface area contributed by atoms with Crippen LogP contribution in [-0.4, -0.2) is 46.9 Å². The number of aromatic nitrogens is 1. The van der Waals surface area contributed by atoms with Gasteiger partial charge in [-0.25, -0.2) is 4.98 Å². The first-order valence-corrected chi connectivity index (χ1v) is 16.8. The number of pyridine rings is 1. The second-order valence-electron chi connectivity index (χ2n) is 12.2. The summed E-state index contributed by atoms with van der Waals surface area (Å²) < 4.78 is 17.9. The smallest absolute Gasteiger partial charge is 0.246 e. The van der Waals surface area contributed by atoms with E-state index >= 15 is 0 Å². The maximum atomic E-state index is 13.0. The minimum Gasteiger partial charge on any atom is -0.487 e. The van der Waals surface area contributed by atoms with Crippen LogP contribution in [0.2, 0.25) is 5.02 Å². The molecule has 1 amide bonds. The largest absolute Gasteiger partial charge is 0.487 e. The van der Waals surface area contributed by atoms with Crippen LogP contribution in [0.15, 0.2) is 109 Å². The lowest BCUT2D eigenvalue weighted by Crippen LogP contribution is -2.47. The fourth-order valence-electron chi connectivity index (χ4n) is 5.66. The van der Waals surface area contributed by atoms with Crippen LogP contribution >= 0.6 is 11.6 Å². The van der Waals surface area contributed by atoms with Crippen LogP contribution in [0.25, 0.3) is 6.08 Å². The lowest BCUT2D eigenvalue weighted by molar-refractivity contribution is -0.127. The van der Waals surface area contributed by atoms with Gasteiger partial charge in [0.25, 0.3) is 0 Å². The molecule has 0 N–H and O–H groups in total. The van der Waals surface area contributed by atoms with Crippen LogP contribution in [0.3, 0.4) is 0 Å². The normalized spacial score (nSPS) is 13.2. The first kappa shape index (κ1) is 34.3. The number of piperazine rings is 1. The summed E-state index contributed by atoms with van der Waals surface area (Å²) >= 11 is 5.96. The molecule has 252 valence electrons. The number of halogens is 1. The molecule has 50 heavy (non-hydrogen) atoms. The van der Waals surface area contributed by atoms with Gasteiger partial charge >= 0.3 is 0 Å². The van der Waals surface area contributed by atoms with E-state index < -0.39 is 0 Å². The van der Waals surface area contributed by atoms with Gasteiger partial charge in [-0.05, 0) is 114 Å². The van der Waals surface area contributed by atoms with Crippen molar-refractivity contribution in [2.45, 2.75) is 27.0 Å². The Hall–Kier alpha value is -5.62. The van der Waals surface area contributed by atoms with E-state index in [0.29, 0.717) is 41.9 Å². The topological polar surface area (TPSA) is 87.9 Å². The summed E-state index contributed by atoms with van der Waals surface area (Å²) in [6.07, 6.45) is 5.15. The van der Waals surface area contributed by atoms with E-state index in [1.165, 1.54) is 5.56 Å². The molecule has 8 nitrogen and oxygen atoms in total. The van der Waals surface area contributed by atoms with E-state index in [2.05, 4.69) is 28.1 Å². The van der Waals surface area contributed by atoms with E-state index in [4.69, 9.17) is 31.1 Å². The van der Waals surface area contributed by atoms with Crippen molar-refractivity contribution < 1.29 is 19.0 Å². The second-order valence-corrected chi connectivity index (χ2v) is 12.6. The van der Waals surface area contributed by atoms with Crippen molar-refractivity contribution in [2.75, 3.05) is 26.2 Å². The minimum absolute atomic E-state index is 0.00896. The number of carbonyl (C=O) groups is 1. The first-order chi connectivity index (χ1) is 24.3. The zero-order valence-corrected chi connectivity index (χ0v) is 28.8. The number of nitrogens with zero attached hydrogens (tertiary/aromatic N) is 4. The summed E-state index contributed by atoms with van der Waals surface area (Å²) in [5.74, 6) is 3.33. The highest BCUT2D eigenvalue weighted by Crippen LogP contribution is 2.30. The molecule has 0 saturated carbocycles. The van der Waals surface area contributed by atoms with Crippen LogP contribution in [0.4, 0.5) is 0 Å². The Bertz CT molecular complexity index is 1960. The maximum Gasteiger partial charge on any atom is 0.246 e. The van der Waals surface area contributed by atoms with Crippen molar-refractivity contribution in [3.8, 4) is 34.9 Å². The van der Waals surface area contributed by atoms with Crippen molar-refractivity contribution in [3.05, 3.63) is 148 Å². The van der Waals surface area contributed by atoms with Gasteiger partial charge in [0.15, 0.2) is 0 Å². The van der Waals surface area contributed by atoms with E-state index in [1.807, 2.05) is 79.4 Å². The number of nitriles is 1. The van der Waals surface area contributed by atoms with E-state index in [0.717, 1.165) is 59.1 Å². The predicted molar refractivity (Wildman–Crippen MR) is 195 cm³/mol. The van der Waals surface area contributed by atoms with Gasteiger partial charge in [-0.1, -0.05) is 35.9 Å². The zero-order chi connectivity index (χ0) is 34.9. The summed E-state index contributed by atoms with van der Waals surface area (Å²) in [4.78, 5) is 21.7. The summed E-state index contributed by atoms with van der Waals surface area (Å²) in [5, 5.41) is 9.63. The molecule has 1 aromatic heterocycles. The third kappa shape index (κ3) is 9.29. The van der Waals surface area contributed by atoms with Crippen LogP contribution in [0.1, 0.15) is 33.4 Å². The van der Waals surface area contributed by atoms with E-state index in [1.54, 1.807) is 42.6 Å². The summed E-state index contributed by atoms with van der Waals surface area (Å²) in [7, 11) is 0. The molecule has 1 aliphatic heterocycles. The Balaban J connectivity index is 0.958. The molecular weight excluding hydrogens is 648 g/mol. The highest BCUT2D eigenvalue weighted by Gasteiger charge is 2.20. The van der Waals surface area contributed by atoms with Crippen molar-refractivity contribution in [1.82, 2.24) is 14.8 Å². The van der Waals surface area contributed by atoms with Gasteiger partial charge in [-0.3, -0.25) is 9.69 Å². The van der Waals surface area contributed by atoms with Gasteiger partial charge in [-0.2, -0.15) is 5.26 Å². The molecule has 9 heteroatoms. The van der Waals surface area contributed by atoms with Crippen molar-refractivity contribution in [2.24, 2.45) is 0 Å². The molecule has 1 fully saturated rings. The third-order valence-corrected chi connectivity index (χ3v) is 8.62. The van der Waals surface area contributed by atoms with Crippen molar-refractivity contribution in [3.63, 3.8) is 0 Å². The third-order valence-electron chi connectivity index (χ3n) is 8.37. The number of hydrogen-bond acceptors (Lipinski definition) is 7. The van der Waals surface area contributed by atoms with Gasteiger partial charge in [0.05, 0.1) is 17.8 Å². The molecule has 0 atom stereocenters. The highest BCUT2D eigenvalue weighted by atomic mass is 35.5. The number of benzene rings is 4. The molecule has 0 bridgehead atoms. The number of amides is 1. The van der Waals surface area contributed by atoms with Crippen LogP contribution in [0.5, 0.6) is 28.9 Å². The Morgan fingerprint density at radius 1 is 0.820 bits per heavy atom. The average Bonchev–Trinajstić information content (AvgIpc) is 3.14. The number of carbonyl (C=O) groups excluding carboxylic acids is 1. The van der Waals surface area contributed by atoms with Crippen molar-refractivity contribution >= 4 is 23.6 Å². The monoisotopic (exact) mass is 684 g/mol. The molecule has 0 spiro atoms. The lowest BCUT2D eigenvalue weighted by atomic mass is 10.1. The Morgan fingerprint density at radius 2 is 1.44 bits per heavy atom. The van der Waals surface area contributed by atoms with Crippen LogP contribution in [-0.2, 0) is 17.9 Å². The molecule has 1 aliphatic rings. The SMILES string of the molecule is Cc1cc(/C=C/C(=O)N2CCN(Cc3ccc(Oc4ccc(Cl)cc4)cc3)CC2)cc(C)c1Oc1ccc(OCc2ccc(C#N)cc2)cn1. The van der Waals surface area contributed by atoms with Crippen LogP contribution < -0.4 is 14.2 Å². The molecular formula is C41H37ClN4O4. The molecule has 0 radical (unpaired) electrons. The molecule has 0 unspecified atom stereocenters. The number of rotatable bonds is 11. The molecule has 2 heterocycles. The number of hydrogen-bond donors (Lipinski definition) is 0. The molecule has 4 aromatic carbocycles. The zero-order valence-electron chi connectivity index (χ0n) is 28.0. The quantitative estimate of drug-likeness (QED) is 0.129. The second kappa shape index (κ2) is 16.2. The minimum atomic E-state index is 0.00896. The standard InChI is InChI=1S/C41H37ClN4O4/c1-29-23-34(24-30(2)41(29)50-39-17-16-38(26-44-39)48-28-33-5-3-31(25-43)4-6-33)9-18-40(47)46-21-19-45(20-22-46)27-32-7-12-36(13-8-32)49-37-14-10-35(42)11-15-37/h3-18,23-24,26H,19-22,27-28H2,1-2H3/b18-9+. The summed E-state index contributed by atoms with van der Waals surface area (Å²) in [5.41, 5.74) is 5.59. The Kier molecular flexibility index (Phi) is 11.1. The summed E-state index contributed by atoms with van der Waals surface area (Å²) in [6.45, 7) is 8.14. The van der Waals surface area contributed by atoms with Crippen molar-refractivity contribution in [1.29, 1.82) is 5.26 Å². The van der Waals surface area contributed by atoms with Gasteiger partial charge in [0, 0.05) is 49.9 Å². The van der Waals surface area contributed by atoms with E-state index in [-0.39, 0.29) is 5.91 Å². The fraction of sp³-hybridized carbons (Fsp3) is 0.195. The molecule has 6 rings (SSSR count). The van der Waals surface area contributed by atoms with Gasteiger partial charge in [-0.15, -0.1) is 0 Å². The summed E-state index contributed by atoms with van der Waals surface area (Å²) in [6, 6.07) is 32.4. The van der Waals surface area contributed by atoms with Gasteiger partial charge in [0.1, 0.15) is 29.6 Å². The number of ether oxygens (including phenoxy) is 3. The molecule has 5 aromatic rings. The Morgan fingerprint density at radius 3 is 2.06 bits per heavy atom. The highest BCUT2D eigenvalue weighted by molar-refractivity contribution is 6.30. The fourth-order valence-corrected chi connectivity index (χ4v) is 5.79. The van der Waals surface area contributed by atoms with E-state index in [9.17, 15) is 4.79 Å². The maximum absolute atomic E-state index is 13.0. The van der Waals surface area contributed by atoms with Crippen LogP contribution in [0, 0.1) is 25.2 Å². The predicted octanol–water partition coefficient (Wildman–Crippen LogP) is 8.74. The molecule has 0 aliphatic carbocycles. The average molecular weight is 685 g/mol. The number of aryl methyl sites for hydroxylation is 2. The first-order valence-electron chi connectivity index (χ1n) is 16.4. The van der Waals surface area contributed by atoms with Gasteiger partial charge < -0.3 is 19.1 Å². The Labute approximate surface area is 297 Å². The molecule has 1 saturated heterocycles.